The van der Waals surface area contributed by atoms with Crippen LogP contribution in [0.25, 0.3) is 11.0 Å². The van der Waals surface area contributed by atoms with Gasteiger partial charge in [-0.3, -0.25) is 9.59 Å². The minimum atomic E-state index is -1.02. The number of benzene rings is 2. The van der Waals surface area contributed by atoms with Crippen molar-refractivity contribution < 1.29 is 9.59 Å². The molecule has 1 fully saturated rings. The van der Waals surface area contributed by atoms with Crippen molar-refractivity contribution >= 4 is 34.4 Å². The highest BCUT2D eigenvalue weighted by Crippen LogP contribution is 2.32. The van der Waals surface area contributed by atoms with Gasteiger partial charge in [-0.05, 0) is 61.9 Å². The molecule has 1 aromatic heterocycles. The number of halogens is 1. The molecule has 3 atom stereocenters. The molecule has 3 aromatic rings. The van der Waals surface area contributed by atoms with Crippen LogP contribution in [0.3, 0.4) is 0 Å². The van der Waals surface area contributed by atoms with Crippen LogP contribution in [-0.2, 0) is 17.8 Å². The van der Waals surface area contributed by atoms with Gasteiger partial charge in [0.05, 0.1) is 17.6 Å². The predicted octanol–water partition coefficient (Wildman–Crippen LogP) is 4.84. The molecule has 34 heavy (non-hydrogen) atoms. The number of para-hydroxylation sites is 2. The van der Waals surface area contributed by atoms with E-state index in [1.54, 1.807) is 4.90 Å². The molecule has 2 aromatic carbocycles. The van der Waals surface area contributed by atoms with Crippen molar-refractivity contribution in [3.63, 3.8) is 0 Å². The molecule has 1 aliphatic heterocycles. The van der Waals surface area contributed by atoms with Crippen molar-refractivity contribution in [2.45, 2.75) is 64.1 Å². The van der Waals surface area contributed by atoms with Crippen LogP contribution in [0.15, 0.2) is 48.5 Å². The highest BCUT2D eigenvalue weighted by atomic mass is 35.5. The number of carbonyl (C=O) groups excluding carboxylic acids is 2. The van der Waals surface area contributed by atoms with E-state index >= 15 is 0 Å². The Morgan fingerprint density at radius 2 is 1.88 bits per heavy atom. The van der Waals surface area contributed by atoms with Gasteiger partial charge in [0.25, 0.3) is 5.91 Å². The minimum Gasteiger partial charge on any atom is -0.351 e. The number of hydrogen-bond donors (Lipinski definition) is 1. The van der Waals surface area contributed by atoms with Crippen LogP contribution in [0.1, 0.15) is 55.7 Å². The second kappa shape index (κ2) is 9.06. The summed E-state index contributed by atoms with van der Waals surface area (Å²) in [6.07, 6.45) is 5.08. The Kier molecular flexibility index (Phi) is 6.11. The third kappa shape index (κ3) is 4.09. The lowest BCUT2D eigenvalue weighted by atomic mass is 9.85. The number of imidazole rings is 1. The Labute approximate surface area is 205 Å². The van der Waals surface area contributed by atoms with E-state index in [0.29, 0.717) is 36.3 Å². The van der Waals surface area contributed by atoms with E-state index in [1.807, 2.05) is 60.0 Å². The summed E-state index contributed by atoms with van der Waals surface area (Å²) in [5, 5.41) is 4.00. The molecule has 1 N–H and O–H groups in total. The van der Waals surface area contributed by atoms with Gasteiger partial charge < -0.3 is 14.8 Å². The highest BCUT2D eigenvalue weighted by molar-refractivity contribution is 6.30. The molecule has 2 aliphatic rings. The lowest BCUT2D eigenvalue weighted by Crippen LogP contribution is -2.65. The summed E-state index contributed by atoms with van der Waals surface area (Å²) >= 11 is 6.04. The third-order valence-corrected chi connectivity index (χ3v) is 7.86. The molecule has 0 radical (unpaired) electrons. The van der Waals surface area contributed by atoms with Gasteiger partial charge in [-0.25, -0.2) is 4.98 Å². The summed E-state index contributed by atoms with van der Waals surface area (Å²) in [6.45, 7) is 4.90. The number of rotatable bonds is 5. The van der Waals surface area contributed by atoms with Crippen molar-refractivity contribution in [2.75, 3.05) is 6.54 Å². The molecule has 0 spiro atoms. The number of amides is 2. The van der Waals surface area contributed by atoms with Gasteiger partial charge in [-0.1, -0.05) is 55.6 Å². The summed E-state index contributed by atoms with van der Waals surface area (Å²) < 4.78 is 1.92. The molecule has 1 aliphatic carbocycles. The fourth-order valence-electron chi connectivity index (χ4n) is 5.43. The lowest BCUT2D eigenvalue weighted by molar-refractivity contribution is -0.134. The van der Waals surface area contributed by atoms with E-state index in [2.05, 4.69) is 17.2 Å². The molecule has 5 rings (SSSR count). The Balaban J connectivity index is 1.49. The van der Waals surface area contributed by atoms with Crippen LogP contribution in [0.5, 0.6) is 0 Å². The first-order valence-electron chi connectivity index (χ1n) is 12.2. The Morgan fingerprint density at radius 3 is 2.65 bits per heavy atom. The smallest absolute Gasteiger partial charge is 0.290 e. The van der Waals surface area contributed by atoms with Gasteiger partial charge in [0, 0.05) is 17.6 Å². The van der Waals surface area contributed by atoms with Crippen LogP contribution in [0.4, 0.5) is 0 Å². The van der Waals surface area contributed by atoms with Crippen LogP contribution in [0, 0.1) is 5.92 Å². The summed E-state index contributed by atoms with van der Waals surface area (Å²) in [7, 11) is 0. The zero-order chi connectivity index (χ0) is 23.9. The molecule has 3 unspecified atom stereocenters. The molecular formula is C27H31ClN4O2. The van der Waals surface area contributed by atoms with E-state index in [4.69, 9.17) is 11.6 Å². The molecule has 2 heterocycles. The second-order valence-corrected chi connectivity index (χ2v) is 10.4. The van der Waals surface area contributed by atoms with Crippen molar-refractivity contribution in [2.24, 2.45) is 5.92 Å². The molecule has 178 valence electrons. The normalized spacial score (nSPS) is 24.8. The minimum absolute atomic E-state index is 0.0841. The average Bonchev–Trinajstić information content (AvgIpc) is 3.20. The topological polar surface area (TPSA) is 67.2 Å². The molecule has 1 saturated carbocycles. The first-order valence-corrected chi connectivity index (χ1v) is 12.6. The molecule has 6 nitrogen and oxygen atoms in total. The number of fused-ring (bicyclic) bond motifs is 3. The Morgan fingerprint density at radius 1 is 1.15 bits per heavy atom. The maximum atomic E-state index is 13.9. The summed E-state index contributed by atoms with van der Waals surface area (Å²) in [5.74, 6) is 0.547. The van der Waals surface area contributed by atoms with Gasteiger partial charge in [-0.2, -0.15) is 0 Å². The van der Waals surface area contributed by atoms with E-state index in [1.165, 1.54) is 6.42 Å². The first-order chi connectivity index (χ1) is 16.4. The van der Waals surface area contributed by atoms with E-state index in [0.717, 1.165) is 35.9 Å². The second-order valence-electron chi connectivity index (χ2n) is 9.96. The standard InChI is InChI=1S/C27H31ClN4O2/c1-18-7-3-4-8-21(18)30-26(34)27(2)17-31-23-10-6-5-9-22(23)29-24(31)25(33)32(27)16-15-19-11-13-20(28)14-12-19/h5-6,9-14,18,21H,3-4,7-8,15-17H2,1-2H3,(H,30,34). The first kappa shape index (κ1) is 22.9. The van der Waals surface area contributed by atoms with Crippen LogP contribution >= 0.6 is 11.6 Å². The Hall–Kier alpha value is -2.86. The van der Waals surface area contributed by atoms with E-state index < -0.39 is 5.54 Å². The zero-order valence-corrected chi connectivity index (χ0v) is 20.5. The lowest BCUT2D eigenvalue weighted by Gasteiger charge is -2.44. The maximum Gasteiger partial charge on any atom is 0.290 e. The van der Waals surface area contributed by atoms with Crippen LogP contribution < -0.4 is 5.32 Å². The third-order valence-electron chi connectivity index (χ3n) is 7.61. The largest absolute Gasteiger partial charge is 0.351 e. The van der Waals surface area contributed by atoms with Crippen molar-refractivity contribution in [1.82, 2.24) is 19.8 Å². The molecule has 2 amide bonds. The number of aromatic nitrogens is 2. The van der Waals surface area contributed by atoms with Crippen LogP contribution in [0.2, 0.25) is 5.02 Å². The van der Waals surface area contributed by atoms with Gasteiger partial charge >= 0.3 is 0 Å². The van der Waals surface area contributed by atoms with E-state index in [9.17, 15) is 9.59 Å². The molecule has 7 heteroatoms. The number of carbonyl (C=O) groups is 2. The Bertz CT molecular complexity index is 1220. The SMILES string of the molecule is CC1CCCCC1NC(=O)C1(C)Cn2c(nc3ccccc32)C(=O)N1CCc1ccc(Cl)cc1. The highest BCUT2D eigenvalue weighted by Gasteiger charge is 2.48. The van der Waals surface area contributed by atoms with Crippen molar-refractivity contribution in [3.05, 3.63) is 64.9 Å². The quantitative estimate of drug-likeness (QED) is 0.570. The van der Waals surface area contributed by atoms with Gasteiger partial charge in [0.15, 0.2) is 5.82 Å². The van der Waals surface area contributed by atoms with Gasteiger partial charge in [-0.15, -0.1) is 0 Å². The maximum absolute atomic E-state index is 13.9. The number of hydrogen-bond acceptors (Lipinski definition) is 3. The van der Waals surface area contributed by atoms with Crippen molar-refractivity contribution in [3.8, 4) is 0 Å². The molecular weight excluding hydrogens is 448 g/mol. The fourth-order valence-corrected chi connectivity index (χ4v) is 5.55. The van der Waals surface area contributed by atoms with Gasteiger partial charge in [0.2, 0.25) is 5.91 Å². The number of nitrogens with one attached hydrogen (secondary N) is 1. The van der Waals surface area contributed by atoms with Gasteiger partial charge in [0.1, 0.15) is 5.54 Å². The zero-order valence-electron chi connectivity index (χ0n) is 19.8. The van der Waals surface area contributed by atoms with E-state index in [-0.39, 0.29) is 17.9 Å². The average molecular weight is 479 g/mol. The number of nitrogens with zero attached hydrogens (tertiary/aromatic N) is 3. The monoisotopic (exact) mass is 478 g/mol. The van der Waals surface area contributed by atoms with Crippen molar-refractivity contribution in [1.29, 1.82) is 0 Å². The fraction of sp³-hybridized carbons (Fsp3) is 0.444. The summed E-state index contributed by atoms with van der Waals surface area (Å²) in [5.41, 5.74) is 1.71. The summed E-state index contributed by atoms with van der Waals surface area (Å²) in [6, 6.07) is 15.5. The molecule has 0 saturated heterocycles. The van der Waals surface area contributed by atoms with Crippen LogP contribution in [-0.4, -0.2) is 44.4 Å². The predicted molar refractivity (Wildman–Crippen MR) is 134 cm³/mol. The molecule has 0 bridgehead atoms. The summed E-state index contributed by atoms with van der Waals surface area (Å²) in [4.78, 5) is 34.0.